The first-order valence-corrected chi connectivity index (χ1v) is 6.85. The predicted molar refractivity (Wildman–Crippen MR) is 79.9 cm³/mol. The molecule has 2 rings (SSSR count). The van der Waals surface area contributed by atoms with Gasteiger partial charge >= 0.3 is 0 Å². The largest absolute Gasteiger partial charge is 0.453 e. The maximum atomic E-state index is 14.0. The third-order valence-electron chi connectivity index (χ3n) is 2.84. The van der Waals surface area contributed by atoms with Gasteiger partial charge in [0.1, 0.15) is 10.2 Å². The van der Waals surface area contributed by atoms with Crippen LogP contribution in [-0.4, -0.2) is 4.92 Å². The molecule has 0 saturated carbocycles. The van der Waals surface area contributed by atoms with Crippen molar-refractivity contribution in [3.63, 3.8) is 0 Å². The van der Waals surface area contributed by atoms with Crippen molar-refractivity contribution in [1.29, 1.82) is 0 Å². The zero-order valence-electron chi connectivity index (χ0n) is 11.0. The van der Waals surface area contributed by atoms with Crippen LogP contribution < -0.4 is 10.5 Å². The van der Waals surface area contributed by atoms with Gasteiger partial charge in [-0.3, -0.25) is 10.1 Å². The normalized spacial score (nSPS) is 12.0. The summed E-state index contributed by atoms with van der Waals surface area (Å²) in [5, 5.41) is 10.8. The molecular weight excluding hydrogens is 343 g/mol. The second-order valence-electron chi connectivity index (χ2n) is 4.43. The second-order valence-corrected chi connectivity index (χ2v) is 5.22. The van der Waals surface area contributed by atoms with Crippen molar-refractivity contribution in [3.05, 3.63) is 62.4 Å². The van der Waals surface area contributed by atoms with Gasteiger partial charge in [-0.25, -0.2) is 4.39 Å². The molecule has 0 aliphatic heterocycles. The second kappa shape index (κ2) is 6.19. The Morgan fingerprint density at radius 1 is 1.33 bits per heavy atom. The first-order valence-electron chi connectivity index (χ1n) is 6.06. The zero-order valence-corrected chi connectivity index (χ0v) is 12.6. The molecule has 0 heterocycles. The van der Waals surface area contributed by atoms with Gasteiger partial charge in [-0.2, -0.15) is 0 Å². The van der Waals surface area contributed by atoms with Gasteiger partial charge in [0.25, 0.3) is 5.69 Å². The minimum Gasteiger partial charge on any atom is -0.453 e. The fraction of sp³-hybridized carbons (Fsp3) is 0.143. The van der Waals surface area contributed by atoms with E-state index < -0.39 is 10.7 Å². The maximum absolute atomic E-state index is 14.0. The molecule has 0 aliphatic carbocycles. The van der Waals surface area contributed by atoms with Crippen LogP contribution in [0.5, 0.6) is 11.5 Å². The minimum absolute atomic E-state index is 0.0272. The molecule has 2 aromatic carbocycles. The summed E-state index contributed by atoms with van der Waals surface area (Å²) in [6.07, 6.45) is 0. The standard InChI is InChI=1S/C14H12BrFN2O3/c1-8(17)9-5-6-12(10(16)7-9)21-13-4-2-3-11(14(13)15)18(19)20/h2-8H,17H2,1H3/t8-/m1/s1. The summed E-state index contributed by atoms with van der Waals surface area (Å²) in [6.45, 7) is 1.74. The Morgan fingerprint density at radius 3 is 2.62 bits per heavy atom. The Kier molecular flexibility index (Phi) is 4.54. The molecule has 0 aromatic heterocycles. The number of nitrogens with zero attached hydrogens (tertiary/aromatic N) is 1. The van der Waals surface area contributed by atoms with E-state index in [4.69, 9.17) is 10.5 Å². The highest BCUT2D eigenvalue weighted by Crippen LogP contribution is 2.37. The minimum atomic E-state index is -0.580. The molecule has 21 heavy (non-hydrogen) atoms. The van der Waals surface area contributed by atoms with E-state index in [0.717, 1.165) is 0 Å². The number of halogens is 2. The van der Waals surface area contributed by atoms with Crippen molar-refractivity contribution in [2.75, 3.05) is 0 Å². The zero-order chi connectivity index (χ0) is 15.6. The maximum Gasteiger partial charge on any atom is 0.287 e. The fourth-order valence-corrected chi connectivity index (χ4v) is 2.21. The molecule has 0 aliphatic rings. The van der Waals surface area contributed by atoms with Crippen molar-refractivity contribution in [2.24, 2.45) is 5.73 Å². The molecule has 0 spiro atoms. The Bertz CT molecular complexity index is 692. The van der Waals surface area contributed by atoms with Crippen LogP contribution in [0.25, 0.3) is 0 Å². The van der Waals surface area contributed by atoms with Crippen LogP contribution >= 0.6 is 15.9 Å². The number of hydrogen-bond acceptors (Lipinski definition) is 4. The lowest BCUT2D eigenvalue weighted by Gasteiger charge is -2.11. The van der Waals surface area contributed by atoms with Crippen molar-refractivity contribution in [1.82, 2.24) is 0 Å². The van der Waals surface area contributed by atoms with Gasteiger partial charge in [-0.15, -0.1) is 0 Å². The number of rotatable bonds is 4. The van der Waals surface area contributed by atoms with E-state index in [2.05, 4.69) is 15.9 Å². The van der Waals surface area contributed by atoms with Crippen LogP contribution in [0.15, 0.2) is 40.9 Å². The molecule has 2 aromatic rings. The van der Waals surface area contributed by atoms with Gasteiger partial charge in [0, 0.05) is 12.1 Å². The summed E-state index contributed by atoms with van der Waals surface area (Å²) < 4.78 is 19.5. The van der Waals surface area contributed by atoms with E-state index in [1.807, 2.05) is 0 Å². The molecule has 0 radical (unpaired) electrons. The van der Waals surface area contributed by atoms with Crippen molar-refractivity contribution in [3.8, 4) is 11.5 Å². The number of ether oxygens (including phenoxy) is 1. The summed E-state index contributed by atoms with van der Waals surface area (Å²) >= 11 is 3.09. The monoisotopic (exact) mass is 354 g/mol. The molecular formula is C14H12BrFN2O3. The summed E-state index contributed by atoms with van der Waals surface area (Å²) in [6, 6.07) is 8.38. The number of nitro groups is 1. The number of hydrogen-bond donors (Lipinski definition) is 1. The van der Waals surface area contributed by atoms with Gasteiger partial charge in [-0.1, -0.05) is 12.1 Å². The summed E-state index contributed by atoms with van der Waals surface area (Å²) in [5.74, 6) is -0.444. The van der Waals surface area contributed by atoms with E-state index in [1.54, 1.807) is 13.0 Å². The Hall–Kier alpha value is -1.99. The number of nitrogens with two attached hydrogens (primary N) is 1. The summed E-state index contributed by atoms with van der Waals surface area (Å²) in [5.41, 5.74) is 6.16. The van der Waals surface area contributed by atoms with Crippen LogP contribution in [0.4, 0.5) is 10.1 Å². The molecule has 0 fully saturated rings. The van der Waals surface area contributed by atoms with Crippen molar-refractivity contribution >= 4 is 21.6 Å². The van der Waals surface area contributed by atoms with E-state index >= 15 is 0 Å². The Morgan fingerprint density at radius 2 is 2.05 bits per heavy atom. The third kappa shape index (κ3) is 3.37. The Balaban J connectivity index is 2.35. The first-order chi connectivity index (χ1) is 9.90. The quantitative estimate of drug-likeness (QED) is 0.655. The molecule has 110 valence electrons. The van der Waals surface area contributed by atoms with Crippen molar-refractivity contribution in [2.45, 2.75) is 13.0 Å². The van der Waals surface area contributed by atoms with Gasteiger partial charge in [0.05, 0.1) is 4.92 Å². The topological polar surface area (TPSA) is 78.4 Å². The van der Waals surface area contributed by atoms with Gasteiger partial charge in [-0.05, 0) is 46.6 Å². The van der Waals surface area contributed by atoms with Gasteiger partial charge < -0.3 is 10.5 Å². The third-order valence-corrected chi connectivity index (χ3v) is 3.64. The number of nitro benzene ring substituents is 1. The van der Waals surface area contributed by atoms with E-state index in [0.29, 0.717) is 5.56 Å². The van der Waals surface area contributed by atoms with Crippen LogP contribution in [0.3, 0.4) is 0 Å². The SMILES string of the molecule is C[C@@H](N)c1ccc(Oc2cccc([N+](=O)[O-])c2Br)c(F)c1. The van der Waals surface area contributed by atoms with Gasteiger partial charge in [0.2, 0.25) is 0 Å². The smallest absolute Gasteiger partial charge is 0.287 e. The summed E-state index contributed by atoms with van der Waals surface area (Å²) in [7, 11) is 0. The molecule has 0 unspecified atom stereocenters. The lowest BCUT2D eigenvalue weighted by Crippen LogP contribution is -2.05. The van der Waals surface area contributed by atoms with Crippen LogP contribution in [0.2, 0.25) is 0 Å². The Labute approximate surface area is 128 Å². The van der Waals surface area contributed by atoms with E-state index in [1.165, 1.54) is 30.3 Å². The summed E-state index contributed by atoms with van der Waals surface area (Å²) in [4.78, 5) is 10.3. The average molecular weight is 355 g/mol. The van der Waals surface area contributed by atoms with Gasteiger partial charge in [0.15, 0.2) is 11.6 Å². The molecule has 1 atom stereocenters. The highest BCUT2D eigenvalue weighted by atomic mass is 79.9. The molecule has 0 amide bonds. The average Bonchev–Trinajstić information content (AvgIpc) is 2.42. The first kappa shape index (κ1) is 15.4. The molecule has 0 saturated heterocycles. The lowest BCUT2D eigenvalue weighted by atomic mass is 10.1. The van der Waals surface area contributed by atoms with Crippen molar-refractivity contribution < 1.29 is 14.1 Å². The highest BCUT2D eigenvalue weighted by molar-refractivity contribution is 9.10. The molecule has 0 bridgehead atoms. The number of benzene rings is 2. The van der Waals surface area contributed by atoms with Crippen LogP contribution in [0.1, 0.15) is 18.5 Å². The van der Waals surface area contributed by atoms with Crippen LogP contribution in [0, 0.1) is 15.9 Å². The molecule has 7 heteroatoms. The van der Waals surface area contributed by atoms with Crippen LogP contribution in [-0.2, 0) is 0 Å². The molecule has 2 N–H and O–H groups in total. The fourth-order valence-electron chi connectivity index (χ4n) is 1.72. The highest BCUT2D eigenvalue weighted by Gasteiger charge is 2.17. The van der Waals surface area contributed by atoms with E-state index in [-0.39, 0.29) is 27.7 Å². The molecule has 5 nitrogen and oxygen atoms in total. The predicted octanol–water partition coefficient (Wildman–Crippen LogP) is 4.31. The lowest BCUT2D eigenvalue weighted by molar-refractivity contribution is -0.385. The van der Waals surface area contributed by atoms with E-state index in [9.17, 15) is 14.5 Å².